The summed E-state index contributed by atoms with van der Waals surface area (Å²) >= 11 is 0. The topological polar surface area (TPSA) is 64.3 Å². The molecule has 0 saturated heterocycles. The van der Waals surface area contributed by atoms with Crippen LogP contribution in [0.15, 0.2) is 18.2 Å². The molecule has 0 aromatic heterocycles. The second-order valence-corrected chi connectivity index (χ2v) is 4.62. The Morgan fingerprint density at radius 1 is 1.50 bits per heavy atom. The Kier molecular flexibility index (Phi) is 5.77. The van der Waals surface area contributed by atoms with E-state index in [1.54, 1.807) is 24.1 Å². The fraction of sp³-hybridized carbons (Fsp3) is 0.375. The highest BCUT2D eigenvalue weighted by atomic mass is 16.2. The second kappa shape index (κ2) is 7.33. The third kappa shape index (κ3) is 3.85. The summed E-state index contributed by atoms with van der Waals surface area (Å²) in [7, 11) is 1.68. The summed E-state index contributed by atoms with van der Waals surface area (Å²) in [6.45, 7) is 3.52. The van der Waals surface area contributed by atoms with Gasteiger partial charge >= 0.3 is 0 Å². The average Bonchev–Trinajstić information content (AvgIpc) is 2.45. The van der Waals surface area contributed by atoms with Crippen molar-refractivity contribution in [2.45, 2.75) is 26.3 Å². The molecule has 1 atom stereocenters. The summed E-state index contributed by atoms with van der Waals surface area (Å²) in [5.41, 5.74) is 2.21. The van der Waals surface area contributed by atoms with Gasteiger partial charge in [0.25, 0.3) is 5.91 Å². The molecule has 0 saturated carbocycles. The van der Waals surface area contributed by atoms with Gasteiger partial charge in [0.05, 0.1) is 12.5 Å². The van der Waals surface area contributed by atoms with Gasteiger partial charge in [-0.1, -0.05) is 17.9 Å². The lowest BCUT2D eigenvalue weighted by molar-refractivity contribution is 0.0746. The van der Waals surface area contributed by atoms with Gasteiger partial charge in [0.1, 0.15) is 6.61 Å². The van der Waals surface area contributed by atoms with Gasteiger partial charge in [0.15, 0.2) is 0 Å². The summed E-state index contributed by atoms with van der Waals surface area (Å²) in [6, 6.07) is 7.22. The third-order valence-corrected chi connectivity index (χ3v) is 3.15. The molecule has 0 spiro atoms. The molecule has 0 aliphatic heterocycles. The van der Waals surface area contributed by atoms with Gasteiger partial charge in [0, 0.05) is 24.2 Å². The fourth-order valence-corrected chi connectivity index (χ4v) is 1.70. The van der Waals surface area contributed by atoms with E-state index in [0.29, 0.717) is 12.0 Å². The van der Waals surface area contributed by atoms with E-state index in [2.05, 4.69) is 17.9 Å². The maximum absolute atomic E-state index is 12.3. The summed E-state index contributed by atoms with van der Waals surface area (Å²) in [6.07, 6.45) is 0.297. The van der Waals surface area contributed by atoms with Crippen LogP contribution >= 0.6 is 0 Å². The van der Waals surface area contributed by atoms with Gasteiger partial charge in [-0.15, -0.1) is 0 Å². The molecule has 0 heterocycles. The Morgan fingerprint density at radius 2 is 2.20 bits per heavy atom. The van der Waals surface area contributed by atoms with Crippen LogP contribution in [-0.4, -0.2) is 35.6 Å². The van der Waals surface area contributed by atoms with Crippen molar-refractivity contribution in [2.24, 2.45) is 0 Å². The van der Waals surface area contributed by atoms with E-state index in [1.165, 1.54) is 0 Å². The number of carbonyl (C=O) groups is 1. The van der Waals surface area contributed by atoms with Crippen LogP contribution in [0.3, 0.4) is 0 Å². The third-order valence-electron chi connectivity index (χ3n) is 3.15. The lowest BCUT2D eigenvalue weighted by atomic mass is 10.0. The van der Waals surface area contributed by atoms with Gasteiger partial charge in [-0.3, -0.25) is 4.79 Å². The molecule has 4 nitrogen and oxygen atoms in total. The number of amides is 1. The van der Waals surface area contributed by atoms with Crippen LogP contribution in [-0.2, 0) is 0 Å². The first kappa shape index (κ1) is 15.8. The SMILES string of the molecule is Cc1ccc(C(=O)N(C)C(C)CC#N)cc1C#CCO. The van der Waals surface area contributed by atoms with Crippen molar-refractivity contribution in [1.82, 2.24) is 4.90 Å². The van der Waals surface area contributed by atoms with Crippen molar-refractivity contribution >= 4 is 5.91 Å². The normalized spacial score (nSPS) is 10.9. The summed E-state index contributed by atoms with van der Waals surface area (Å²) in [4.78, 5) is 13.9. The fourth-order valence-electron chi connectivity index (χ4n) is 1.70. The molecule has 0 bridgehead atoms. The van der Waals surface area contributed by atoms with Crippen LogP contribution in [0, 0.1) is 30.1 Å². The minimum absolute atomic E-state index is 0.138. The van der Waals surface area contributed by atoms with E-state index in [0.717, 1.165) is 11.1 Å². The van der Waals surface area contributed by atoms with E-state index in [4.69, 9.17) is 10.4 Å². The van der Waals surface area contributed by atoms with Crippen molar-refractivity contribution in [1.29, 1.82) is 5.26 Å². The number of aliphatic hydroxyl groups excluding tert-OH is 1. The average molecular weight is 270 g/mol. The van der Waals surface area contributed by atoms with Crippen LogP contribution < -0.4 is 0 Å². The van der Waals surface area contributed by atoms with Gasteiger partial charge in [-0.05, 0) is 31.5 Å². The minimum atomic E-state index is -0.212. The monoisotopic (exact) mass is 270 g/mol. The Balaban J connectivity index is 3.03. The van der Waals surface area contributed by atoms with Crippen LogP contribution in [0.2, 0.25) is 0 Å². The number of aryl methyl sites for hydroxylation is 1. The number of nitriles is 1. The molecule has 1 aromatic carbocycles. The Morgan fingerprint density at radius 3 is 2.80 bits per heavy atom. The molecule has 0 fully saturated rings. The van der Waals surface area contributed by atoms with E-state index in [9.17, 15) is 4.79 Å². The van der Waals surface area contributed by atoms with Gasteiger partial charge in [-0.2, -0.15) is 5.26 Å². The summed E-state index contributed by atoms with van der Waals surface area (Å²) in [5.74, 6) is 5.27. The van der Waals surface area contributed by atoms with Crippen molar-refractivity contribution in [3.05, 3.63) is 34.9 Å². The van der Waals surface area contributed by atoms with Crippen LogP contribution in [0.5, 0.6) is 0 Å². The molecular formula is C16H18N2O2. The molecule has 0 aliphatic rings. The maximum atomic E-state index is 12.3. The molecule has 1 amide bonds. The zero-order chi connectivity index (χ0) is 15.1. The highest BCUT2D eigenvalue weighted by molar-refractivity contribution is 5.94. The number of benzene rings is 1. The number of carbonyl (C=O) groups excluding carboxylic acids is 1. The van der Waals surface area contributed by atoms with Gasteiger partial charge < -0.3 is 10.0 Å². The van der Waals surface area contributed by atoms with Crippen LogP contribution in [0.25, 0.3) is 0 Å². The van der Waals surface area contributed by atoms with Crippen molar-refractivity contribution in [3.8, 4) is 17.9 Å². The lowest BCUT2D eigenvalue weighted by Gasteiger charge is -2.23. The second-order valence-electron chi connectivity index (χ2n) is 4.62. The largest absolute Gasteiger partial charge is 0.384 e. The zero-order valence-electron chi connectivity index (χ0n) is 12.0. The number of aliphatic hydroxyl groups is 1. The van der Waals surface area contributed by atoms with E-state index >= 15 is 0 Å². The van der Waals surface area contributed by atoms with Crippen molar-refractivity contribution in [3.63, 3.8) is 0 Å². The van der Waals surface area contributed by atoms with Gasteiger partial charge in [0.2, 0.25) is 0 Å². The quantitative estimate of drug-likeness (QED) is 0.850. The first-order valence-corrected chi connectivity index (χ1v) is 6.35. The minimum Gasteiger partial charge on any atom is -0.384 e. The molecular weight excluding hydrogens is 252 g/mol. The number of rotatable bonds is 3. The number of nitrogens with zero attached hydrogens (tertiary/aromatic N) is 2. The van der Waals surface area contributed by atoms with E-state index in [-0.39, 0.29) is 18.6 Å². The maximum Gasteiger partial charge on any atom is 0.253 e. The predicted molar refractivity (Wildman–Crippen MR) is 76.9 cm³/mol. The van der Waals surface area contributed by atoms with E-state index < -0.39 is 0 Å². The molecule has 4 heteroatoms. The standard InChI is InChI=1S/C16H18N2O2/c1-12-6-7-15(11-14(12)5-4-10-19)16(20)18(3)13(2)8-9-17/h6-7,11,13,19H,8,10H2,1-3H3. The smallest absolute Gasteiger partial charge is 0.253 e. The molecule has 1 aromatic rings. The Bertz CT molecular complexity index is 591. The van der Waals surface area contributed by atoms with Gasteiger partial charge in [-0.25, -0.2) is 0 Å². The van der Waals surface area contributed by atoms with Crippen molar-refractivity contribution in [2.75, 3.05) is 13.7 Å². The number of hydrogen-bond acceptors (Lipinski definition) is 3. The first-order valence-electron chi connectivity index (χ1n) is 6.35. The molecule has 20 heavy (non-hydrogen) atoms. The molecule has 0 aliphatic carbocycles. The lowest BCUT2D eigenvalue weighted by Crippen LogP contribution is -2.34. The Hall–Kier alpha value is -2.30. The molecule has 1 unspecified atom stereocenters. The molecule has 1 rings (SSSR count). The summed E-state index contributed by atoms with van der Waals surface area (Å²) in [5, 5.41) is 17.4. The first-order chi connectivity index (χ1) is 9.51. The summed E-state index contributed by atoms with van der Waals surface area (Å²) < 4.78 is 0. The Labute approximate surface area is 119 Å². The molecule has 104 valence electrons. The highest BCUT2D eigenvalue weighted by Gasteiger charge is 2.17. The highest BCUT2D eigenvalue weighted by Crippen LogP contribution is 2.13. The van der Waals surface area contributed by atoms with Crippen LogP contribution in [0.4, 0.5) is 0 Å². The van der Waals surface area contributed by atoms with Crippen LogP contribution in [0.1, 0.15) is 34.8 Å². The zero-order valence-corrected chi connectivity index (χ0v) is 12.0. The molecule has 0 radical (unpaired) electrons. The molecule has 1 N–H and O–H groups in total. The van der Waals surface area contributed by atoms with Crippen molar-refractivity contribution < 1.29 is 9.90 Å². The number of hydrogen-bond donors (Lipinski definition) is 1. The predicted octanol–water partition coefficient (Wildman–Crippen LogP) is 1.71. The van der Waals surface area contributed by atoms with E-state index in [1.807, 2.05) is 19.9 Å².